The average molecular weight is 286 g/mol. The van der Waals surface area contributed by atoms with Gasteiger partial charge in [-0.2, -0.15) is 0 Å². The Kier molecular flexibility index (Phi) is 4.56. The largest absolute Gasteiger partial charge is 0.504 e. The molecular weight excluding hydrogens is 272 g/mol. The summed E-state index contributed by atoms with van der Waals surface area (Å²) in [5.74, 6) is -0.577. The summed E-state index contributed by atoms with van der Waals surface area (Å²) in [6.45, 7) is 0. The van der Waals surface area contributed by atoms with Crippen molar-refractivity contribution in [2.75, 3.05) is 7.11 Å². The van der Waals surface area contributed by atoms with Crippen molar-refractivity contribution in [1.29, 1.82) is 0 Å². The van der Waals surface area contributed by atoms with Crippen LogP contribution in [0.3, 0.4) is 0 Å². The van der Waals surface area contributed by atoms with Gasteiger partial charge in [-0.15, -0.1) is 0 Å². The predicted molar refractivity (Wildman–Crippen MR) is 75.7 cm³/mol. The molecule has 0 aliphatic rings. The van der Waals surface area contributed by atoms with Crippen molar-refractivity contribution >= 4 is 11.8 Å². The molecule has 0 atom stereocenters. The third-order valence-corrected chi connectivity index (χ3v) is 2.81. The average Bonchev–Trinajstić information content (AvgIpc) is 2.49. The lowest BCUT2D eigenvalue weighted by atomic mass is 10.1. The van der Waals surface area contributed by atoms with E-state index in [1.807, 2.05) is 0 Å². The van der Waals surface area contributed by atoms with Gasteiger partial charge in [-0.3, -0.25) is 9.59 Å². The van der Waals surface area contributed by atoms with Crippen LogP contribution in [0, 0.1) is 0 Å². The maximum absolute atomic E-state index is 11.9. The maximum atomic E-state index is 11.9. The minimum Gasteiger partial charge on any atom is -0.504 e. The molecule has 0 spiro atoms. The summed E-state index contributed by atoms with van der Waals surface area (Å²) in [4.78, 5) is 23.6. The molecule has 0 aliphatic carbocycles. The molecule has 21 heavy (non-hydrogen) atoms. The summed E-state index contributed by atoms with van der Waals surface area (Å²) < 4.78 is 9.94. The highest BCUT2D eigenvalue weighted by atomic mass is 16.5. The van der Waals surface area contributed by atoms with Crippen LogP contribution in [-0.4, -0.2) is 24.0 Å². The SMILES string of the molecule is COc1ccc(C(=O)CC(=O)Oc2ccccc2O)cc1. The number of ether oxygens (including phenoxy) is 2. The first kappa shape index (κ1) is 14.6. The smallest absolute Gasteiger partial charge is 0.319 e. The van der Waals surface area contributed by atoms with Crippen molar-refractivity contribution < 1.29 is 24.2 Å². The Morgan fingerprint density at radius 2 is 1.71 bits per heavy atom. The molecule has 2 aromatic carbocycles. The van der Waals surface area contributed by atoms with Gasteiger partial charge in [0.25, 0.3) is 0 Å². The fourth-order valence-electron chi connectivity index (χ4n) is 1.71. The van der Waals surface area contributed by atoms with E-state index in [9.17, 15) is 14.7 Å². The van der Waals surface area contributed by atoms with E-state index >= 15 is 0 Å². The number of rotatable bonds is 5. The number of phenolic OH excluding ortho intramolecular Hbond substituents is 1. The standard InChI is InChI=1S/C16H14O5/c1-20-12-8-6-11(7-9-12)14(18)10-16(19)21-15-5-3-2-4-13(15)17/h2-9,17H,10H2,1H3. The second-order valence-corrected chi connectivity index (χ2v) is 4.27. The van der Waals surface area contributed by atoms with Gasteiger partial charge < -0.3 is 14.6 Å². The van der Waals surface area contributed by atoms with Crippen molar-refractivity contribution in [2.24, 2.45) is 0 Å². The van der Waals surface area contributed by atoms with Gasteiger partial charge in [-0.1, -0.05) is 12.1 Å². The van der Waals surface area contributed by atoms with Gasteiger partial charge in [0.05, 0.1) is 7.11 Å². The highest BCUT2D eigenvalue weighted by Gasteiger charge is 2.15. The van der Waals surface area contributed by atoms with E-state index in [0.29, 0.717) is 11.3 Å². The van der Waals surface area contributed by atoms with Crippen LogP contribution in [0.2, 0.25) is 0 Å². The molecule has 108 valence electrons. The fourth-order valence-corrected chi connectivity index (χ4v) is 1.71. The topological polar surface area (TPSA) is 72.8 Å². The Labute approximate surface area is 121 Å². The van der Waals surface area contributed by atoms with Crippen molar-refractivity contribution in [1.82, 2.24) is 0 Å². The zero-order chi connectivity index (χ0) is 15.2. The number of hydrogen-bond acceptors (Lipinski definition) is 5. The molecule has 0 aromatic heterocycles. The molecule has 2 rings (SSSR count). The number of Topliss-reactive ketones (excluding diaryl/α,β-unsaturated/α-hetero) is 1. The van der Waals surface area contributed by atoms with Crippen molar-refractivity contribution in [3.63, 3.8) is 0 Å². The predicted octanol–water partition coefficient (Wildman–Crippen LogP) is 2.58. The zero-order valence-corrected chi connectivity index (χ0v) is 11.4. The molecular formula is C16H14O5. The van der Waals surface area contributed by atoms with Crippen LogP contribution < -0.4 is 9.47 Å². The Morgan fingerprint density at radius 3 is 2.33 bits per heavy atom. The first-order valence-corrected chi connectivity index (χ1v) is 6.26. The van der Waals surface area contributed by atoms with Gasteiger partial charge in [0, 0.05) is 5.56 Å². The first-order chi connectivity index (χ1) is 10.1. The molecule has 0 saturated carbocycles. The molecule has 5 nitrogen and oxygen atoms in total. The summed E-state index contributed by atoms with van der Waals surface area (Å²) >= 11 is 0. The van der Waals surface area contributed by atoms with E-state index in [-0.39, 0.29) is 17.3 Å². The van der Waals surface area contributed by atoms with E-state index < -0.39 is 12.4 Å². The van der Waals surface area contributed by atoms with Crippen LogP contribution in [0.15, 0.2) is 48.5 Å². The lowest BCUT2D eigenvalue weighted by molar-refractivity contribution is -0.133. The lowest BCUT2D eigenvalue weighted by Crippen LogP contribution is -2.14. The molecule has 0 unspecified atom stereocenters. The summed E-state index contributed by atoms with van der Waals surface area (Å²) in [6.07, 6.45) is -0.402. The normalized spacial score (nSPS) is 9.95. The Morgan fingerprint density at radius 1 is 1.05 bits per heavy atom. The van der Waals surface area contributed by atoms with E-state index in [1.165, 1.54) is 19.2 Å². The summed E-state index contributed by atoms with van der Waals surface area (Å²) in [6, 6.07) is 12.5. The number of benzene rings is 2. The minimum absolute atomic E-state index is 0.0324. The summed E-state index contributed by atoms with van der Waals surface area (Å²) in [5.41, 5.74) is 0.394. The number of phenols is 1. The minimum atomic E-state index is -0.725. The van der Waals surface area contributed by atoms with Crippen LogP contribution >= 0.6 is 0 Å². The number of aromatic hydroxyl groups is 1. The molecule has 0 saturated heterocycles. The van der Waals surface area contributed by atoms with E-state index in [2.05, 4.69) is 0 Å². The molecule has 0 fully saturated rings. The molecule has 2 aromatic rings. The lowest BCUT2D eigenvalue weighted by Gasteiger charge is -2.06. The third kappa shape index (κ3) is 3.82. The number of carbonyl (C=O) groups excluding carboxylic acids is 2. The number of hydrogen-bond donors (Lipinski definition) is 1. The molecule has 0 radical (unpaired) electrons. The second kappa shape index (κ2) is 6.56. The van der Waals surface area contributed by atoms with E-state index in [1.54, 1.807) is 36.4 Å². The Balaban J connectivity index is 1.98. The molecule has 5 heteroatoms. The quantitative estimate of drug-likeness (QED) is 0.396. The second-order valence-electron chi connectivity index (χ2n) is 4.27. The van der Waals surface area contributed by atoms with Crippen molar-refractivity contribution in [3.05, 3.63) is 54.1 Å². The Hall–Kier alpha value is -2.82. The molecule has 0 amide bonds. The van der Waals surface area contributed by atoms with Gasteiger partial charge in [-0.05, 0) is 36.4 Å². The van der Waals surface area contributed by atoms with Gasteiger partial charge in [-0.25, -0.2) is 0 Å². The number of carbonyl (C=O) groups is 2. The number of esters is 1. The van der Waals surface area contributed by atoms with Crippen molar-refractivity contribution in [2.45, 2.75) is 6.42 Å². The molecule has 1 N–H and O–H groups in total. The third-order valence-electron chi connectivity index (χ3n) is 2.81. The number of methoxy groups -OCH3 is 1. The molecule has 0 heterocycles. The highest BCUT2D eigenvalue weighted by molar-refractivity contribution is 6.06. The van der Waals surface area contributed by atoms with Crippen LogP contribution in [-0.2, 0) is 4.79 Å². The van der Waals surface area contributed by atoms with E-state index in [4.69, 9.17) is 9.47 Å². The summed E-state index contributed by atoms with van der Waals surface area (Å²) in [7, 11) is 1.53. The van der Waals surface area contributed by atoms with Crippen LogP contribution in [0.5, 0.6) is 17.2 Å². The molecule has 0 bridgehead atoms. The fraction of sp³-hybridized carbons (Fsp3) is 0.125. The van der Waals surface area contributed by atoms with Gasteiger partial charge in [0.1, 0.15) is 12.2 Å². The first-order valence-electron chi connectivity index (χ1n) is 6.26. The van der Waals surface area contributed by atoms with Crippen LogP contribution in [0.1, 0.15) is 16.8 Å². The van der Waals surface area contributed by atoms with E-state index in [0.717, 1.165) is 0 Å². The van der Waals surface area contributed by atoms with Gasteiger partial charge in [0.2, 0.25) is 0 Å². The monoisotopic (exact) mass is 286 g/mol. The van der Waals surface area contributed by atoms with Gasteiger partial charge in [0.15, 0.2) is 17.3 Å². The summed E-state index contributed by atoms with van der Waals surface area (Å²) in [5, 5.41) is 9.49. The maximum Gasteiger partial charge on any atom is 0.319 e. The number of ketones is 1. The van der Waals surface area contributed by atoms with Gasteiger partial charge >= 0.3 is 5.97 Å². The number of para-hydroxylation sites is 2. The van der Waals surface area contributed by atoms with Crippen LogP contribution in [0.25, 0.3) is 0 Å². The molecule has 0 aliphatic heterocycles. The Bertz CT molecular complexity index is 646. The zero-order valence-electron chi connectivity index (χ0n) is 11.4. The highest BCUT2D eigenvalue weighted by Crippen LogP contribution is 2.24. The van der Waals surface area contributed by atoms with Crippen LogP contribution in [0.4, 0.5) is 0 Å². The van der Waals surface area contributed by atoms with Crippen molar-refractivity contribution in [3.8, 4) is 17.2 Å².